The summed E-state index contributed by atoms with van der Waals surface area (Å²) < 4.78 is 10.6. The Labute approximate surface area is 150 Å². The van der Waals surface area contributed by atoms with Crippen LogP contribution in [0.1, 0.15) is 32.0 Å². The molecule has 1 aromatic rings. The van der Waals surface area contributed by atoms with Crippen LogP contribution in [0.15, 0.2) is 6.07 Å². The monoisotopic (exact) mass is 368 g/mol. The van der Waals surface area contributed by atoms with Crippen LogP contribution in [-0.2, 0) is 27.4 Å². The van der Waals surface area contributed by atoms with E-state index in [-0.39, 0.29) is 19.7 Å². The average Bonchev–Trinajstić information content (AvgIpc) is 2.86. The van der Waals surface area contributed by atoms with E-state index in [1.165, 1.54) is 4.90 Å². The number of H-pyrrole nitrogens is 1. The quantitative estimate of drug-likeness (QED) is 0.539. The second-order valence-corrected chi connectivity index (χ2v) is 6.86. The number of carboxylic acids is 1. The molecular weight excluding hydrogens is 344 g/mol. The van der Waals surface area contributed by atoms with Crippen molar-refractivity contribution in [2.75, 3.05) is 25.0 Å². The molecule has 0 atom stereocenters. The predicted octanol–water partition coefficient (Wildman–Crippen LogP) is 1.49. The van der Waals surface area contributed by atoms with Crippen LogP contribution >= 0.6 is 0 Å². The summed E-state index contributed by atoms with van der Waals surface area (Å²) >= 11 is 0. The lowest BCUT2D eigenvalue weighted by atomic mass is 10.2. The van der Waals surface area contributed by atoms with Crippen molar-refractivity contribution < 1.29 is 29.0 Å². The number of alkyl carbamates (subject to hydrolysis) is 1. The van der Waals surface area contributed by atoms with Crippen LogP contribution in [-0.4, -0.2) is 58.4 Å². The molecule has 0 radical (unpaired) electrons. The molecule has 0 spiro atoms. The maximum atomic E-state index is 11.8. The summed E-state index contributed by atoms with van der Waals surface area (Å²) in [6, 6.07) is 1.35. The highest BCUT2D eigenvalue weighted by molar-refractivity contribution is 5.93. The fraction of sp³-hybridized carbons (Fsp3) is 0.562. The maximum Gasteiger partial charge on any atom is 0.407 e. The number of hydrogen-bond acceptors (Lipinski definition) is 5. The van der Waals surface area contributed by atoms with Crippen molar-refractivity contribution in [3.8, 4) is 0 Å². The molecule has 0 aliphatic carbocycles. The molecule has 2 heterocycles. The minimum Gasteiger partial charge on any atom is -0.480 e. The third-order valence-corrected chi connectivity index (χ3v) is 3.33. The molecule has 1 aliphatic rings. The fourth-order valence-corrected chi connectivity index (χ4v) is 2.35. The van der Waals surface area contributed by atoms with Crippen molar-refractivity contribution in [1.29, 1.82) is 0 Å². The summed E-state index contributed by atoms with van der Waals surface area (Å²) in [5.74, 6) is -0.526. The van der Waals surface area contributed by atoms with Gasteiger partial charge in [-0.2, -0.15) is 0 Å². The minimum atomic E-state index is -1.07. The van der Waals surface area contributed by atoms with Crippen molar-refractivity contribution in [2.45, 2.75) is 39.5 Å². The Hall–Kier alpha value is -2.75. The van der Waals surface area contributed by atoms with E-state index in [9.17, 15) is 14.4 Å². The largest absolute Gasteiger partial charge is 0.480 e. The predicted molar refractivity (Wildman–Crippen MR) is 91.7 cm³/mol. The first-order valence-corrected chi connectivity index (χ1v) is 8.17. The average molecular weight is 368 g/mol. The number of carbonyl (C=O) groups is 3. The van der Waals surface area contributed by atoms with E-state index in [4.69, 9.17) is 14.6 Å². The number of urea groups is 1. The number of aromatic amines is 1. The van der Waals surface area contributed by atoms with E-state index in [0.29, 0.717) is 19.0 Å². The Morgan fingerprint density at radius 2 is 2.12 bits per heavy atom. The molecule has 1 aromatic heterocycles. The maximum absolute atomic E-state index is 11.8. The Kier molecular flexibility index (Phi) is 6.09. The molecule has 0 aromatic carbocycles. The van der Waals surface area contributed by atoms with Gasteiger partial charge < -0.3 is 29.8 Å². The number of aromatic nitrogens is 1. The molecule has 144 valence electrons. The molecule has 2 rings (SSSR count). The van der Waals surface area contributed by atoms with Crippen molar-refractivity contribution in [3.05, 3.63) is 17.3 Å². The van der Waals surface area contributed by atoms with E-state index < -0.39 is 23.7 Å². The van der Waals surface area contributed by atoms with E-state index >= 15 is 0 Å². The molecule has 0 fully saturated rings. The van der Waals surface area contributed by atoms with E-state index in [0.717, 1.165) is 11.3 Å². The van der Waals surface area contributed by atoms with Gasteiger partial charge in [-0.1, -0.05) is 0 Å². The molecule has 0 unspecified atom stereocenters. The first-order chi connectivity index (χ1) is 12.1. The van der Waals surface area contributed by atoms with Gasteiger partial charge in [0.15, 0.2) is 0 Å². The van der Waals surface area contributed by atoms with Gasteiger partial charge in [0.05, 0.1) is 19.8 Å². The zero-order valence-electron chi connectivity index (χ0n) is 15.0. The summed E-state index contributed by atoms with van der Waals surface area (Å²) in [6.45, 7) is 6.06. The van der Waals surface area contributed by atoms with Crippen LogP contribution in [0.5, 0.6) is 0 Å². The first kappa shape index (κ1) is 19.6. The Balaban J connectivity index is 1.75. The zero-order valence-corrected chi connectivity index (χ0v) is 15.0. The third kappa shape index (κ3) is 5.96. The second-order valence-electron chi connectivity index (χ2n) is 6.86. The number of fused-ring (bicyclic) bond motifs is 1. The first-order valence-electron chi connectivity index (χ1n) is 8.17. The summed E-state index contributed by atoms with van der Waals surface area (Å²) in [7, 11) is 0. The standard InChI is InChI=1S/C16H24N4O6/c1-16(2,3)26-15(24)17-4-5-25-9-11-6-10-7-20(8-12(21)22)14(23)19-13(10)18-11/h6,18H,4-5,7-9H2,1-3H3,(H,17,24)(H,19,23)(H,21,22). The van der Waals surface area contributed by atoms with Gasteiger partial charge in [-0.15, -0.1) is 0 Å². The van der Waals surface area contributed by atoms with Crippen molar-refractivity contribution in [2.24, 2.45) is 0 Å². The number of carboxylic acid groups (broad SMARTS) is 1. The molecule has 10 nitrogen and oxygen atoms in total. The van der Waals surface area contributed by atoms with Crippen molar-refractivity contribution in [3.63, 3.8) is 0 Å². The number of ether oxygens (including phenoxy) is 2. The van der Waals surface area contributed by atoms with E-state index in [1.54, 1.807) is 20.8 Å². The lowest BCUT2D eigenvalue weighted by Crippen LogP contribution is -2.41. The molecular formula is C16H24N4O6. The summed E-state index contributed by atoms with van der Waals surface area (Å²) in [6.07, 6.45) is -0.502. The second kappa shape index (κ2) is 8.09. The molecule has 1 aliphatic heterocycles. The topological polar surface area (TPSA) is 133 Å². The minimum absolute atomic E-state index is 0.212. The number of nitrogens with one attached hydrogen (secondary N) is 3. The zero-order chi connectivity index (χ0) is 19.3. The highest BCUT2D eigenvalue weighted by atomic mass is 16.6. The van der Waals surface area contributed by atoms with Gasteiger partial charge in [0.25, 0.3) is 0 Å². The van der Waals surface area contributed by atoms with Crippen molar-refractivity contribution >= 4 is 23.9 Å². The fourth-order valence-electron chi connectivity index (χ4n) is 2.35. The number of amides is 3. The van der Waals surface area contributed by atoms with Gasteiger partial charge >= 0.3 is 18.1 Å². The van der Waals surface area contributed by atoms with Crippen LogP contribution in [0.3, 0.4) is 0 Å². The van der Waals surface area contributed by atoms with Gasteiger partial charge in [-0.05, 0) is 26.8 Å². The molecule has 26 heavy (non-hydrogen) atoms. The number of anilines is 1. The molecule has 4 N–H and O–H groups in total. The lowest BCUT2D eigenvalue weighted by molar-refractivity contribution is -0.137. The van der Waals surface area contributed by atoms with Gasteiger partial charge in [0.2, 0.25) is 0 Å². The lowest BCUT2D eigenvalue weighted by Gasteiger charge is -2.25. The number of hydrogen-bond donors (Lipinski definition) is 4. The third-order valence-electron chi connectivity index (χ3n) is 3.33. The summed E-state index contributed by atoms with van der Waals surface area (Å²) in [5, 5.41) is 14.0. The number of nitrogens with zero attached hydrogens (tertiary/aromatic N) is 1. The molecule has 10 heteroatoms. The van der Waals surface area contributed by atoms with Gasteiger partial charge in [0.1, 0.15) is 18.0 Å². The van der Waals surface area contributed by atoms with Crippen LogP contribution < -0.4 is 10.6 Å². The molecule has 3 amide bonds. The Morgan fingerprint density at radius 1 is 1.38 bits per heavy atom. The van der Waals surface area contributed by atoms with Crippen molar-refractivity contribution in [1.82, 2.24) is 15.2 Å². The van der Waals surface area contributed by atoms with E-state index in [1.807, 2.05) is 6.07 Å². The molecule has 0 saturated carbocycles. The number of aliphatic carboxylic acids is 1. The summed E-state index contributed by atoms with van der Waals surface area (Å²) in [5.41, 5.74) is 0.980. The molecule has 0 saturated heterocycles. The molecule has 0 bridgehead atoms. The van der Waals surface area contributed by atoms with Gasteiger partial charge in [0, 0.05) is 17.8 Å². The number of rotatable bonds is 7. The van der Waals surface area contributed by atoms with E-state index in [2.05, 4.69) is 15.6 Å². The Bertz CT molecular complexity index is 679. The Morgan fingerprint density at radius 3 is 2.77 bits per heavy atom. The van der Waals surface area contributed by atoms with Crippen LogP contribution in [0.2, 0.25) is 0 Å². The smallest absolute Gasteiger partial charge is 0.407 e. The van der Waals surface area contributed by atoms with Gasteiger partial charge in [-0.3, -0.25) is 10.1 Å². The van der Waals surface area contributed by atoms with Crippen LogP contribution in [0, 0.1) is 0 Å². The highest BCUT2D eigenvalue weighted by Gasteiger charge is 2.26. The van der Waals surface area contributed by atoms with Crippen LogP contribution in [0.25, 0.3) is 0 Å². The SMILES string of the molecule is CC(C)(C)OC(=O)NCCOCc1cc2c([nH]1)NC(=O)N(CC(=O)O)C2. The normalized spacial score (nSPS) is 13.8. The highest BCUT2D eigenvalue weighted by Crippen LogP contribution is 2.24. The van der Waals surface area contributed by atoms with Gasteiger partial charge in [-0.25, -0.2) is 9.59 Å². The summed E-state index contributed by atoms with van der Waals surface area (Å²) in [4.78, 5) is 38.3. The van der Waals surface area contributed by atoms with Crippen LogP contribution in [0.4, 0.5) is 15.4 Å². The number of carbonyl (C=O) groups excluding carboxylic acids is 2.